The monoisotopic (exact) mass is 114 g/mol. The van der Waals surface area contributed by atoms with Gasteiger partial charge in [-0.2, -0.15) is 0 Å². The van der Waals surface area contributed by atoms with Crippen LogP contribution >= 0.6 is 0 Å². The zero-order valence-corrected chi connectivity index (χ0v) is 5.84. The van der Waals surface area contributed by atoms with Crippen molar-refractivity contribution in [3.63, 3.8) is 0 Å². The van der Waals surface area contributed by atoms with Crippen molar-refractivity contribution >= 4 is 23.1 Å². The third-order valence-corrected chi connectivity index (χ3v) is 0. The predicted octanol–water partition coefficient (Wildman–Crippen LogP) is -0.755. The Morgan fingerprint density at radius 2 is 1.00 bits per heavy atom. The van der Waals surface area contributed by atoms with Crippen LogP contribution in [0, 0.1) is 13.8 Å². The molecule has 0 heterocycles. The summed E-state index contributed by atoms with van der Waals surface area (Å²) >= 11 is 0. The van der Waals surface area contributed by atoms with Crippen molar-refractivity contribution in [2.45, 2.75) is 0 Å². The summed E-state index contributed by atoms with van der Waals surface area (Å²) in [4.78, 5) is 0. The van der Waals surface area contributed by atoms with Crippen molar-refractivity contribution in [2.24, 2.45) is 0 Å². The summed E-state index contributed by atoms with van der Waals surface area (Å²) in [6.07, 6.45) is 0. The van der Waals surface area contributed by atoms with Crippen molar-refractivity contribution < 1.29 is 10.2 Å². The van der Waals surface area contributed by atoms with E-state index in [1.54, 1.807) is 0 Å². The van der Waals surface area contributed by atoms with E-state index in [0.29, 0.717) is 0 Å². The molecule has 40 valence electrons. The normalized spacial score (nSPS) is 5.14. The summed E-state index contributed by atoms with van der Waals surface area (Å²) in [5, 5.41) is 14.9. The summed E-state index contributed by atoms with van der Waals surface area (Å²) in [5.41, 5.74) is 0. The Morgan fingerprint density at radius 1 is 1.00 bits per heavy atom. The van der Waals surface area contributed by atoms with Crippen LogP contribution in [0.3, 0.4) is 0 Å². The minimum absolute atomic E-state index is 0. The second-order valence-electron chi connectivity index (χ2n) is 0.447. The summed E-state index contributed by atoms with van der Waals surface area (Å²) in [5.74, 6) is 0. The smallest absolute Gasteiger partial charge is 0.428 e. The van der Waals surface area contributed by atoms with Crippen molar-refractivity contribution in [2.75, 3.05) is 13.2 Å². The Balaban J connectivity index is -0.0000000400. The summed E-state index contributed by atoms with van der Waals surface area (Å²) in [6, 6.07) is 0. The maximum absolute atomic E-state index is 7.46. The number of aliphatic hydroxyl groups excluding tert-OH is 2. The molecule has 0 unspecified atom stereocenters. The zero-order chi connectivity index (χ0) is 5.41. The Labute approximate surface area is 60.7 Å². The zero-order valence-electron chi connectivity index (χ0n) is 4.43. The van der Waals surface area contributed by atoms with Gasteiger partial charge in [0.05, 0.1) is 0 Å². The molecular formula is C4H10MgO2. The molecular weight excluding hydrogens is 104 g/mol. The molecule has 0 radical (unpaired) electrons. The van der Waals surface area contributed by atoms with Gasteiger partial charge in [-0.25, -0.2) is 0 Å². The average Bonchev–Trinajstić information content (AvgIpc) is 1.39. The molecule has 0 aromatic carbocycles. The standard InChI is InChI=1S/2C2H5O.Mg/c2*1-2-3;/h2*3H,1-2H2;/q2*-1;+2. The van der Waals surface area contributed by atoms with E-state index in [1.807, 2.05) is 0 Å². The van der Waals surface area contributed by atoms with Crippen molar-refractivity contribution in [3.05, 3.63) is 13.8 Å². The Morgan fingerprint density at radius 3 is 1.00 bits per heavy atom. The number of hydrogen-bond donors (Lipinski definition) is 2. The maximum atomic E-state index is 7.46. The van der Waals surface area contributed by atoms with Gasteiger partial charge >= 0.3 is 23.1 Å². The van der Waals surface area contributed by atoms with E-state index in [0.717, 1.165) is 0 Å². The van der Waals surface area contributed by atoms with Crippen LogP contribution in [0.2, 0.25) is 0 Å². The molecule has 3 heteroatoms. The molecule has 0 aliphatic heterocycles. The molecule has 0 fully saturated rings. The van der Waals surface area contributed by atoms with Crippen LogP contribution in [-0.4, -0.2) is 46.5 Å². The van der Waals surface area contributed by atoms with Crippen LogP contribution in [0.4, 0.5) is 0 Å². The maximum Gasteiger partial charge on any atom is 2.00 e. The van der Waals surface area contributed by atoms with E-state index in [-0.39, 0.29) is 36.3 Å². The Kier molecular flexibility index (Phi) is 67.0. The molecule has 0 aromatic heterocycles. The van der Waals surface area contributed by atoms with Gasteiger partial charge in [0.15, 0.2) is 0 Å². The minimum Gasteiger partial charge on any atom is -0.428 e. The molecule has 0 atom stereocenters. The molecule has 0 bridgehead atoms. The third-order valence-electron chi connectivity index (χ3n) is 0. The van der Waals surface area contributed by atoms with Gasteiger partial charge in [0.2, 0.25) is 0 Å². The molecule has 0 amide bonds. The van der Waals surface area contributed by atoms with E-state index in [4.69, 9.17) is 10.2 Å². The van der Waals surface area contributed by atoms with E-state index < -0.39 is 0 Å². The molecule has 0 spiro atoms. The van der Waals surface area contributed by atoms with Gasteiger partial charge in [-0.3, -0.25) is 0 Å². The van der Waals surface area contributed by atoms with Crippen LogP contribution in [0.1, 0.15) is 0 Å². The van der Waals surface area contributed by atoms with Crippen molar-refractivity contribution in [3.8, 4) is 0 Å². The van der Waals surface area contributed by atoms with Gasteiger partial charge in [0.25, 0.3) is 0 Å². The fourth-order valence-corrected chi connectivity index (χ4v) is 0. The first-order valence-electron chi connectivity index (χ1n) is 1.63. The van der Waals surface area contributed by atoms with Gasteiger partial charge in [0.1, 0.15) is 0 Å². The summed E-state index contributed by atoms with van der Waals surface area (Å²) < 4.78 is 0. The van der Waals surface area contributed by atoms with E-state index in [1.165, 1.54) is 0 Å². The summed E-state index contributed by atoms with van der Waals surface area (Å²) in [7, 11) is 0. The first kappa shape index (κ1) is 15.6. The molecule has 0 aliphatic rings. The third kappa shape index (κ3) is 312. The van der Waals surface area contributed by atoms with Crippen molar-refractivity contribution in [1.82, 2.24) is 0 Å². The molecule has 7 heavy (non-hydrogen) atoms. The van der Waals surface area contributed by atoms with Crippen LogP contribution in [0.5, 0.6) is 0 Å². The molecule has 0 saturated heterocycles. The van der Waals surface area contributed by atoms with Crippen LogP contribution in [0.25, 0.3) is 0 Å². The number of rotatable bonds is 0. The topological polar surface area (TPSA) is 40.5 Å². The average molecular weight is 114 g/mol. The van der Waals surface area contributed by atoms with Crippen LogP contribution in [-0.2, 0) is 0 Å². The number of aliphatic hydroxyl groups is 2. The van der Waals surface area contributed by atoms with E-state index in [9.17, 15) is 0 Å². The fraction of sp³-hybridized carbons (Fsp3) is 0.500. The first-order valence-corrected chi connectivity index (χ1v) is 1.63. The summed E-state index contributed by atoms with van der Waals surface area (Å²) in [6.45, 7) is 6.08. The predicted molar refractivity (Wildman–Crippen MR) is 30.6 cm³/mol. The quantitative estimate of drug-likeness (QED) is 0.321. The van der Waals surface area contributed by atoms with Crippen molar-refractivity contribution in [1.29, 1.82) is 0 Å². The molecule has 0 aromatic rings. The molecule has 0 aliphatic carbocycles. The fourth-order valence-electron chi connectivity index (χ4n) is 0. The SMILES string of the molecule is [CH2-]CO.[CH2-]CO.[Mg+2]. The van der Waals surface area contributed by atoms with Gasteiger partial charge in [-0.05, 0) is 0 Å². The van der Waals surface area contributed by atoms with E-state index >= 15 is 0 Å². The molecule has 0 saturated carbocycles. The van der Waals surface area contributed by atoms with E-state index in [2.05, 4.69) is 13.8 Å². The minimum atomic E-state index is 0. The Hall–Kier alpha value is 0.686. The van der Waals surface area contributed by atoms with Gasteiger partial charge in [-0.15, -0.1) is 0 Å². The molecule has 0 rings (SSSR count). The first-order chi connectivity index (χ1) is 2.83. The van der Waals surface area contributed by atoms with Crippen LogP contribution in [0.15, 0.2) is 0 Å². The molecule has 2 nitrogen and oxygen atoms in total. The van der Waals surface area contributed by atoms with Gasteiger partial charge < -0.3 is 24.1 Å². The molecule has 2 N–H and O–H groups in total. The van der Waals surface area contributed by atoms with Gasteiger partial charge in [0, 0.05) is 0 Å². The largest absolute Gasteiger partial charge is 2.00 e. The Bertz CT molecular complexity index is 11.7. The second kappa shape index (κ2) is 30.0. The second-order valence-corrected chi connectivity index (χ2v) is 0.447. The van der Waals surface area contributed by atoms with Crippen LogP contribution < -0.4 is 0 Å². The van der Waals surface area contributed by atoms with Gasteiger partial charge in [-0.1, -0.05) is 13.2 Å². The number of hydrogen-bond acceptors (Lipinski definition) is 2.